The van der Waals surface area contributed by atoms with Crippen LogP contribution in [-0.4, -0.2) is 40.6 Å². The summed E-state index contributed by atoms with van der Waals surface area (Å²) in [7, 11) is 0. The van der Waals surface area contributed by atoms with Crippen LogP contribution in [0.3, 0.4) is 0 Å². The number of rotatable bonds is 5. The first-order chi connectivity index (χ1) is 14.7. The quantitative estimate of drug-likeness (QED) is 0.683. The number of carbonyl (C=O) groups is 2. The van der Waals surface area contributed by atoms with Gasteiger partial charge in [-0.05, 0) is 49.7 Å². The van der Waals surface area contributed by atoms with Gasteiger partial charge in [-0.3, -0.25) is 9.59 Å². The summed E-state index contributed by atoms with van der Waals surface area (Å²) in [5.74, 6) is 0.264. The third kappa shape index (κ3) is 4.67. The lowest BCUT2D eigenvalue weighted by molar-refractivity contribution is -0.117. The van der Waals surface area contributed by atoms with Crippen LogP contribution in [0.1, 0.15) is 55.2 Å². The molecule has 31 heavy (non-hydrogen) atoms. The van der Waals surface area contributed by atoms with Crippen LogP contribution in [-0.2, 0) is 4.79 Å². The molecular formula is C23H27N5O3. The number of aromatic nitrogens is 1. The molecular weight excluding hydrogens is 394 g/mol. The highest BCUT2D eigenvalue weighted by Gasteiger charge is 2.38. The van der Waals surface area contributed by atoms with E-state index < -0.39 is 6.10 Å². The molecule has 0 fully saturated rings. The normalized spacial score (nSPS) is 20.9. The molecule has 1 unspecified atom stereocenters. The Morgan fingerprint density at radius 2 is 2.03 bits per heavy atom. The highest BCUT2D eigenvalue weighted by atomic mass is 16.3. The number of nitrogens with one attached hydrogen (secondary N) is 2. The average molecular weight is 422 g/mol. The predicted octanol–water partition coefficient (Wildman–Crippen LogP) is 2.61. The number of aliphatic hydroxyl groups excluding tert-OH is 1. The highest BCUT2D eigenvalue weighted by Crippen LogP contribution is 2.42. The predicted molar refractivity (Wildman–Crippen MR) is 118 cm³/mol. The Labute approximate surface area is 181 Å². The molecule has 0 saturated heterocycles. The largest absolute Gasteiger partial charge is 0.392 e. The Bertz CT molecular complexity index is 1010. The van der Waals surface area contributed by atoms with E-state index in [0.29, 0.717) is 16.9 Å². The lowest BCUT2D eigenvalue weighted by atomic mass is 9.82. The number of anilines is 2. The van der Waals surface area contributed by atoms with Gasteiger partial charge >= 0.3 is 0 Å². The summed E-state index contributed by atoms with van der Waals surface area (Å²) in [6.45, 7) is 7.33. The Kier molecular flexibility index (Phi) is 6.56. The standard InChI is InChI=1S/C23H27N5O3/c1-13(29)11-26-23(31)18-6-7-20-19(9-18)22(14(2)15(3)28(20)16(4)30)27-21-8-5-17(10-24)12-25-21/h5-9,12-15,22,29H,11H2,1-4H3,(H,25,27)(H,26,31)/t13?,14-,15-,22+/m0/s1. The minimum Gasteiger partial charge on any atom is -0.392 e. The molecule has 3 rings (SSSR count). The van der Waals surface area contributed by atoms with Gasteiger partial charge in [-0.1, -0.05) is 6.92 Å². The summed E-state index contributed by atoms with van der Waals surface area (Å²) in [5.41, 5.74) is 2.48. The molecule has 8 heteroatoms. The first-order valence-electron chi connectivity index (χ1n) is 10.3. The van der Waals surface area contributed by atoms with Crippen LogP contribution >= 0.6 is 0 Å². The number of hydrogen-bond acceptors (Lipinski definition) is 6. The molecule has 2 heterocycles. The van der Waals surface area contributed by atoms with Crippen molar-refractivity contribution in [2.24, 2.45) is 5.92 Å². The molecule has 162 valence electrons. The molecule has 1 aromatic carbocycles. The fraction of sp³-hybridized carbons (Fsp3) is 0.391. The second-order valence-corrected chi connectivity index (χ2v) is 7.99. The SMILES string of the molecule is CC(=O)N1c2ccc(C(=O)NCC(C)O)cc2[C@H](Nc2ccc(C#N)cn2)[C@@H](C)[C@@H]1C. The van der Waals surface area contributed by atoms with E-state index in [-0.39, 0.29) is 36.4 Å². The summed E-state index contributed by atoms with van der Waals surface area (Å²) in [6, 6.07) is 10.5. The van der Waals surface area contributed by atoms with Crippen LogP contribution in [0.15, 0.2) is 36.5 Å². The highest BCUT2D eigenvalue weighted by molar-refractivity contribution is 5.98. The van der Waals surface area contributed by atoms with E-state index in [2.05, 4.69) is 21.7 Å². The third-order valence-electron chi connectivity index (χ3n) is 5.67. The van der Waals surface area contributed by atoms with E-state index in [4.69, 9.17) is 5.26 Å². The van der Waals surface area contributed by atoms with Crippen LogP contribution in [0.25, 0.3) is 0 Å². The van der Waals surface area contributed by atoms with Crippen molar-refractivity contribution in [3.8, 4) is 6.07 Å². The Balaban J connectivity index is 2.01. The van der Waals surface area contributed by atoms with E-state index >= 15 is 0 Å². The van der Waals surface area contributed by atoms with Crippen LogP contribution < -0.4 is 15.5 Å². The Hall–Kier alpha value is -3.44. The number of hydrogen-bond donors (Lipinski definition) is 3. The zero-order chi connectivity index (χ0) is 22.7. The van der Waals surface area contributed by atoms with Gasteiger partial charge in [0.2, 0.25) is 5.91 Å². The number of carbonyl (C=O) groups excluding carboxylic acids is 2. The number of aliphatic hydroxyl groups is 1. The molecule has 8 nitrogen and oxygen atoms in total. The van der Waals surface area contributed by atoms with Gasteiger partial charge in [0.05, 0.1) is 17.7 Å². The summed E-state index contributed by atoms with van der Waals surface area (Å²) < 4.78 is 0. The van der Waals surface area contributed by atoms with Gasteiger partial charge in [-0.15, -0.1) is 0 Å². The van der Waals surface area contributed by atoms with Crippen LogP contribution in [0, 0.1) is 17.2 Å². The number of pyridine rings is 1. The van der Waals surface area contributed by atoms with Crippen molar-refractivity contribution in [3.63, 3.8) is 0 Å². The number of nitrogens with zero attached hydrogens (tertiary/aromatic N) is 3. The molecule has 0 saturated carbocycles. The van der Waals surface area contributed by atoms with Crippen molar-refractivity contribution in [3.05, 3.63) is 53.2 Å². The minimum absolute atomic E-state index is 0.0182. The lowest BCUT2D eigenvalue weighted by Crippen LogP contribution is -2.48. The number of amides is 2. The molecule has 2 aromatic rings. The molecule has 1 aliphatic heterocycles. The maximum Gasteiger partial charge on any atom is 0.251 e. The lowest BCUT2D eigenvalue weighted by Gasteiger charge is -2.44. The molecule has 0 radical (unpaired) electrons. The zero-order valence-electron chi connectivity index (χ0n) is 18.1. The second-order valence-electron chi connectivity index (χ2n) is 7.99. The van der Waals surface area contributed by atoms with Gasteiger partial charge in [0.15, 0.2) is 0 Å². The molecule has 0 spiro atoms. The Morgan fingerprint density at radius 3 is 2.61 bits per heavy atom. The van der Waals surface area contributed by atoms with Gasteiger partial charge in [-0.25, -0.2) is 4.98 Å². The topological polar surface area (TPSA) is 118 Å². The maximum atomic E-state index is 12.6. The van der Waals surface area contributed by atoms with E-state index in [0.717, 1.165) is 11.3 Å². The summed E-state index contributed by atoms with van der Waals surface area (Å²) >= 11 is 0. The molecule has 2 amide bonds. The van der Waals surface area contributed by atoms with Crippen molar-refractivity contribution in [2.75, 3.05) is 16.8 Å². The van der Waals surface area contributed by atoms with Crippen LogP contribution in [0.2, 0.25) is 0 Å². The van der Waals surface area contributed by atoms with Crippen molar-refractivity contribution in [2.45, 2.75) is 45.9 Å². The third-order valence-corrected chi connectivity index (χ3v) is 5.67. The monoisotopic (exact) mass is 421 g/mol. The molecule has 4 atom stereocenters. The van der Waals surface area contributed by atoms with Gasteiger partial charge in [-0.2, -0.15) is 5.26 Å². The van der Waals surface area contributed by atoms with Crippen molar-refractivity contribution in [1.82, 2.24) is 10.3 Å². The number of fused-ring (bicyclic) bond motifs is 1. The molecule has 0 aliphatic carbocycles. The second kappa shape index (κ2) is 9.14. The molecule has 3 N–H and O–H groups in total. The molecule has 0 bridgehead atoms. The molecule has 1 aliphatic rings. The molecule has 1 aromatic heterocycles. The van der Waals surface area contributed by atoms with Crippen molar-refractivity contribution in [1.29, 1.82) is 5.26 Å². The van der Waals surface area contributed by atoms with E-state index in [1.54, 1.807) is 42.2 Å². The van der Waals surface area contributed by atoms with Gasteiger partial charge < -0.3 is 20.6 Å². The van der Waals surface area contributed by atoms with Gasteiger partial charge in [0, 0.05) is 42.9 Å². The first-order valence-corrected chi connectivity index (χ1v) is 10.3. The van der Waals surface area contributed by atoms with Crippen molar-refractivity contribution < 1.29 is 14.7 Å². The maximum absolute atomic E-state index is 12.6. The summed E-state index contributed by atoms with van der Waals surface area (Å²) in [5, 5.41) is 24.6. The zero-order valence-corrected chi connectivity index (χ0v) is 18.1. The van der Waals surface area contributed by atoms with Crippen LogP contribution in [0.5, 0.6) is 0 Å². The summed E-state index contributed by atoms with van der Waals surface area (Å²) in [4.78, 5) is 31.0. The van der Waals surface area contributed by atoms with Crippen molar-refractivity contribution >= 4 is 23.3 Å². The van der Waals surface area contributed by atoms with E-state index in [9.17, 15) is 14.7 Å². The number of benzene rings is 1. The minimum atomic E-state index is -0.646. The van der Waals surface area contributed by atoms with Crippen LogP contribution in [0.4, 0.5) is 11.5 Å². The number of nitriles is 1. The Morgan fingerprint density at radius 1 is 1.29 bits per heavy atom. The summed E-state index contributed by atoms with van der Waals surface area (Å²) in [6.07, 6.45) is 0.856. The smallest absolute Gasteiger partial charge is 0.251 e. The average Bonchev–Trinajstić information content (AvgIpc) is 2.75. The van der Waals surface area contributed by atoms with Gasteiger partial charge in [0.25, 0.3) is 5.91 Å². The van der Waals surface area contributed by atoms with E-state index in [1.807, 2.05) is 13.8 Å². The first kappa shape index (κ1) is 22.2. The fourth-order valence-electron chi connectivity index (χ4n) is 3.89. The van der Waals surface area contributed by atoms with E-state index in [1.165, 1.54) is 13.1 Å². The van der Waals surface area contributed by atoms with Gasteiger partial charge in [0.1, 0.15) is 11.9 Å². The fourth-order valence-corrected chi connectivity index (χ4v) is 3.89.